The van der Waals surface area contributed by atoms with Crippen molar-refractivity contribution in [3.63, 3.8) is 0 Å². The maximum absolute atomic E-state index is 13.0. The van der Waals surface area contributed by atoms with E-state index in [1.807, 2.05) is 6.92 Å². The number of hydrogen-bond donors (Lipinski definition) is 1. The lowest BCUT2D eigenvalue weighted by Crippen LogP contribution is -2.41. The predicted octanol–water partition coefficient (Wildman–Crippen LogP) is 4.26. The summed E-state index contributed by atoms with van der Waals surface area (Å²) in [7, 11) is -1.27. The van der Waals surface area contributed by atoms with Gasteiger partial charge in [0.25, 0.3) is 10.1 Å². The number of methoxy groups -OCH3 is 2. The molecule has 8 nitrogen and oxygen atoms in total. The molecule has 0 spiro atoms. The molecule has 0 fully saturated rings. The molecule has 1 aliphatic carbocycles. The Hall–Kier alpha value is -3.11. The normalized spacial score (nSPS) is 19.0. The van der Waals surface area contributed by atoms with Gasteiger partial charge in [-0.25, -0.2) is 4.79 Å². The fourth-order valence-corrected chi connectivity index (χ4v) is 5.24. The van der Waals surface area contributed by atoms with E-state index < -0.39 is 34.4 Å². The minimum atomic E-state index is -4.19. The van der Waals surface area contributed by atoms with Crippen molar-refractivity contribution in [2.75, 3.05) is 20.8 Å². The summed E-state index contributed by atoms with van der Waals surface area (Å²) in [6.07, 6.45) is -1.31. The van der Waals surface area contributed by atoms with Gasteiger partial charge in [-0.3, -0.25) is 4.18 Å². The average Bonchev–Trinajstić information content (AvgIpc) is 3.12. The lowest BCUT2D eigenvalue weighted by atomic mass is 9.98. The minimum absolute atomic E-state index is 0.0528. The van der Waals surface area contributed by atoms with Crippen LogP contribution in [0.2, 0.25) is 5.02 Å². The molecule has 3 aromatic rings. The van der Waals surface area contributed by atoms with Crippen molar-refractivity contribution in [2.45, 2.75) is 29.9 Å². The van der Waals surface area contributed by atoms with Crippen LogP contribution in [0, 0.1) is 6.92 Å². The standard InChI is InChI=1S/C26H25ClO8S/c1-16-7-9-20(10-8-16)36(30,31)34-15-26(29)14-18-12-22(32-2)23(33-3)13-21(18)24(26)35-25(28)17-5-4-6-19(27)11-17/h4-13,24,29H,14-15H2,1-3H3. The number of aryl methyl sites for hydroxylation is 1. The molecule has 10 heteroatoms. The Morgan fingerprint density at radius 3 is 2.36 bits per heavy atom. The number of carbonyl (C=O) groups is 1. The first-order chi connectivity index (χ1) is 17.1. The first-order valence-corrected chi connectivity index (χ1v) is 12.7. The largest absolute Gasteiger partial charge is 0.493 e. The minimum Gasteiger partial charge on any atom is -0.493 e. The summed E-state index contributed by atoms with van der Waals surface area (Å²) in [5.41, 5.74) is 0.199. The van der Waals surface area contributed by atoms with E-state index >= 15 is 0 Å². The molecular formula is C26H25ClO8S. The highest BCUT2D eigenvalue weighted by molar-refractivity contribution is 7.86. The molecule has 2 unspecified atom stereocenters. The monoisotopic (exact) mass is 532 g/mol. The number of halogens is 1. The summed E-state index contributed by atoms with van der Waals surface area (Å²) in [5, 5.41) is 12.0. The van der Waals surface area contributed by atoms with Crippen molar-refractivity contribution < 1.29 is 36.7 Å². The van der Waals surface area contributed by atoms with Crippen molar-refractivity contribution in [1.29, 1.82) is 0 Å². The van der Waals surface area contributed by atoms with Crippen LogP contribution in [0.1, 0.15) is 33.2 Å². The molecule has 0 radical (unpaired) electrons. The average molecular weight is 533 g/mol. The number of benzene rings is 3. The highest BCUT2D eigenvalue weighted by Gasteiger charge is 2.49. The third-order valence-corrected chi connectivity index (χ3v) is 7.48. The van der Waals surface area contributed by atoms with E-state index in [1.165, 1.54) is 38.5 Å². The lowest BCUT2D eigenvalue weighted by molar-refractivity contribution is -0.0968. The van der Waals surface area contributed by atoms with Gasteiger partial charge in [-0.15, -0.1) is 0 Å². The van der Waals surface area contributed by atoms with Crippen molar-refractivity contribution in [3.8, 4) is 11.5 Å². The molecule has 36 heavy (non-hydrogen) atoms. The van der Waals surface area contributed by atoms with Crippen LogP contribution in [0.5, 0.6) is 11.5 Å². The van der Waals surface area contributed by atoms with Crippen LogP contribution in [-0.4, -0.2) is 45.9 Å². The Balaban J connectivity index is 1.68. The fraction of sp³-hybridized carbons (Fsp3) is 0.269. The highest BCUT2D eigenvalue weighted by atomic mass is 35.5. The van der Waals surface area contributed by atoms with Gasteiger partial charge in [0.2, 0.25) is 0 Å². The van der Waals surface area contributed by atoms with E-state index in [9.17, 15) is 18.3 Å². The molecule has 0 saturated heterocycles. The summed E-state index contributed by atoms with van der Waals surface area (Å²) in [6, 6.07) is 15.5. The van der Waals surface area contributed by atoms with Crippen molar-refractivity contribution >= 4 is 27.7 Å². The maximum Gasteiger partial charge on any atom is 0.338 e. The number of aliphatic hydroxyl groups is 1. The molecule has 0 aromatic heterocycles. The van der Waals surface area contributed by atoms with Crippen LogP contribution in [0.25, 0.3) is 0 Å². The zero-order valence-electron chi connectivity index (χ0n) is 19.9. The lowest BCUT2D eigenvalue weighted by Gasteiger charge is -2.29. The molecule has 1 N–H and O–H groups in total. The van der Waals surface area contributed by atoms with Crippen LogP contribution in [0.15, 0.2) is 65.6 Å². The molecule has 4 rings (SSSR count). The zero-order chi connectivity index (χ0) is 26.1. The fourth-order valence-electron chi connectivity index (χ4n) is 4.09. The second-order valence-corrected chi connectivity index (χ2v) is 10.6. The summed E-state index contributed by atoms with van der Waals surface area (Å²) in [5.74, 6) is 0.0241. The molecule has 0 heterocycles. The maximum atomic E-state index is 13.0. The number of carbonyl (C=O) groups excluding carboxylic acids is 1. The predicted molar refractivity (Wildman–Crippen MR) is 132 cm³/mol. The summed E-state index contributed by atoms with van der Waals surface area (Å²) >= 11 is 6.01. The zero-order valence-corrected chi connectivity index (χ0v) is 21.4. The molecule has 3 aromatic carbocycles. The van der Waals surface area contributed by atoms with Crippen molar-refractivity contribution in [1.82, 2.24) is 0 Å². The van der Waals surface area contributed by atoms with Gasteiger partial charge in [-0.2, -0.15) is 8.42 Å². The van der Waals surface area contributed by atoms with Crippen LogP contribution in [0.3, 0.4) is 0 Å². The molecule has 0 aliphatic heterocycles. The Bertz CT molecular complexity index is 1390. The van der Waals surface area contributed by atoms with Crippen LogP contribution in [-0.2, 0) is 25.5 Å². The van der Waals surface area contributed by atoms with Gasteiger partial charge in [0.1, 0.15) is 5.60 Å². The molecular weight excluding hydrogens is 508 g/mol. The van der Waals surface area contributed by atoms with Gasteiger partial charge in [-0.1, -0.05) is 35.4 Å². The van der Waals surface area contributed by atoms with E-state index in [-0.39, 0.29) is 16.9 Å². The first-order valence-electron chi connectivity index (χ1n) is 11.0. The number of hydrogen-bond acceptors (Lipinski definition) is 8. The second kappa shape index (κ2) is 10.1. The Kier molecular flexibility index (Phi) is 7.28. The van der Waals surface area contributed by atoms with Gasteiger partial charge in [-0.05, 0) is 55.0 Å². The summed E-state index contributed by atoms with van der Waals surface area (Å²) in [4.78, 5) is 12.9. The number of esters is 1. The SMILES string of the molecule is COc1cc2c(cc1OC)C(OC(=O)c1cccc(Cl)c1)C(O)(COS(=O)(=O)c1ccc(C)cc1)C2. The van der Waals surface area contributed by atoms with Gasteiger partial charge < -0.3 is 19.3 Å². The highest BCUT2D eigenvalue weighted by Crippen LogP contribution is 2.47. The molecule has 0 saturated carbocycles. The molecule has 1 aliphatic rings. The topological polar surface area (TPSA) is 108 Å². The Morgan fingerprint density at radius 2 is 1.72 bits per heavy atom. The Morgan fingerprint density at radius 1 is 1.06 bits per heavy atom. The van der Waals surface area contributed by atoms with Crippen LogP contribution >= 0.6 is 11.6 Å². The summed E-state index contributed by atoms with van der Waals surface area (Å²) in [6.45, 7) is 1.17. The number of ether oxygens (including phenoxy) is 3. The number of rotatable bonds is 8. The van der Waals surface area contributed by atoms with E-state index in [4.69, 9.17) is 30.0 Å². The van der Waals surface area contributed by atoms with E-state index in [0.29, 0.717) is 27.6 Å². The third kappa shape index (κ3) is 5.19. The van der Waals surface area contributed by atoms with Gasteiger partial charge in [0, 0.05) is 17.0 Å². The first kappa shape index (κ1) is 26.0. The van der Waals surface area contributed by atoms with Crippen molar-refractivity contribution in [2.24, 2.45) is 0 Å². The Labute approximate surface area is 214 Å². The van der Waals surface area contributed by atoms with E-state index in [0.717, 1.165) is 5.56 Å². The summed E-state index contributed by atoms with van der Waals surface area (Å²) < 4.78 is 47.3. The molecule has 0 amide bonds. The van der Waals surface area contributed by atoms with E-state index in [1.54, 1.807) is 36.4 Å². The van der Waals surface area contributed by atoms with Gasteiger partial charge in [0.05, 0.1) is 31.3 Å². The van der Waals surface area contributed by atoms with Crippen molar-refractivity contribution in [3.05, 3.63) is 87.9 Å². The van der Waals surface area contributed by atoms with Gasteiger partial charge in [0.15, 0.2) is 17.6 Å². The molecule has 190 valence electrons. The van der Waals surface area contributed by atoms with Crippen LogP contribution < -0.4 is 9.47 Å². The van der Waals surface area contributed by atoms with E-state index in [2.05, 4.69) is 0 Å². The number of fused-ring (bicyclic) bond motifs is 1. The van der Waals surface area contributed by atoms with Crippen LogP contribution in [0.4, 0.5) is 0 Å². The quantitative estimate of drug-likeness (QED) is 0.339. The third-order valence-electron chi connectivity index (χ3n) is 5.97. The smallest absolute Gasteiger partial charge is 0.338 e. The molecule has 2 atom stereocenters. The molecule has 0 bridgehead atoms. The second-order valence-electron chi connectivity index (χ2n) is 8.51. The van der Waals surface area contributed by atoms with Gasteiger partial charge >= 0.3 is 5.97 Å².